The molecule has 0 bridgehead atoms. The van der Waals surface area contributed by atoms with E-state index in [1.54, 1.807) is 12.1 Å². The second kappa shape index (κ2) is 5.80. The van der Waals surface area contributed by atoms with Crippen LogP contribution in [0.3, 0.4) is 0 Å². The third kappa shape index (κ3) is 3.61. The molecule has 2 atom stereocenters. The van der Waals surface area contributed by atoms with Crippen molar-refractivity contribution in [2.45, 2.75) is 12.8 Å². The Labute approximate surface area is 120 Å². The zero-order valence-corrected chi connectivity index (χ0v) is 11.5. The molecule has 0 aliphatic heterocycles. The molecule has 2 N–H and O–H groups in total. The Morgan fingerprint density at radius 3 is 2.63 bits per heavy atom. The van der Waals surface area contributed by atoms with Crippen LogP contribution in [0.4, 0.5) is 0 Å². The molecule has 0 heterocycles. The third-order valence-electron chi connectivity index (χ3n) is 3.15. The first-order valence-electron chi connectivity index (χ1n) is 5.93. The number of hydrogen-bond acceptors (Lipinski definition) is 2. The summed E-state index contributed by atoms with van der Waals surface area (Å²) in [7, 11) is 0. The highest BCUT2D eigenvalue weighted by Gasteiger charge is 2.48. The molecule has 1 aromatic rings. The quantitative estimate of drug-likeness (QED) is 0.877. The van der Waals surface area contributed by atoms with E-state index in [9.17, 15) is 9.59 Å². The van der Waals surface area contributed by atoms with Gasteiger partial charge in [-0.3, -0.25) is 9.59 Å². The minimum atomic E-state index is -0.902. The SMILES string of the molecule is O=C(O)C1CC1C(=O)NCCc1ccc(Cl)cc1Cl. The van der Waals surface area contributed by atoms with Crippen molar-refractivity contribution in [1.82, 2.24) is 5.32 Å². The molecule has 0 spiro atoms. The van der Waals surface area contributed by atoms with Crippen LogP contribution < -0.4 is 5.32 Å². The summed E-state index contributed by atoms with van der Waals surface area (Å²) in [5.41, 5.74) is 0.900. The Bertz CT molecular complexity index is 519. The minimum absolute atomic E-state index is 0.197. The largest absolute Gasteiger partial charge is 0.481 e. The number of hydrogen-bond donors (Lipinski definition) is 2. The first-order chi connectivity index (χ1) is 8.99. The van der Waals surface area contributed by atoms with Crippen molar-refractivity contribution < 1.29 is 14.7 Å². The molecule has 0 radical (unpaired) electrons. The van der Waals surface area contributed by atoms with Crippen molar-refractivity contribution in [2.24, 2.45) is 11.8 Å². The van der Waals surface area contributed by atoms with E-state index in [2.05, 4.69) is 5.32 Å². The zero-order valence-electron chi connectivity index (χ0n) is 10.0. The number of amides is 1. The fourth-order valence-corrected chi connectivity index (χ4v) is 2.44. The van der Waals surface area contributed by atoms with Gasteiger partial charge in [0.25, 0.3) is 0 Å². The monoisotopic (exact) mass is 301 g/mol. The Morgan fingerprint density at radius 1 is 1.32 bits per heavy atom. The number of aliphatic carboxylic acids is 1. The van der Waals surface area contributed by atoms with E-state index in [0.29, 0.717) is 29.4 Å². The molecule has 2 unspecified atom stereocenters. The van der Waals surface area contributed by atoms with Crippen LogP contribution in [0.15, 0.2) is 18.2 Å². The topological polar surface area (TPSA) is 66.4 Å². The van der Waals surface area contributed by atoms with Crippen LogP contribution in [-0.4, -0.2) is 23.5 Å². The fourth-order valence-electron chi connectivity index (χ4n) is 1.93. The number of carbonyl (C=O) groups is 2. The molecule has 1 fully saturated rings. The van der Waals surface area contributed by atoms with Gasteiger partial charge in [0.2, 0.25) is 5.91 Å². The lowest BCUT2D eigenvalue weighted by Crippen LogP contribution is -2.28. The molecule has 1 aliphatic carbocycles. The Kier molecular flexibility index (Phi) is 4.32. The van der Waals surface area contributed by atoms with Gasteiger partial charge in [0, 0.05) is 16.6 Å². The first kappa shape index (κ1) is 14.2. The van der Waals surface area contributed by atoms with Gasteiger partial charge in [-0.1, -0.05) is 29.3 Å². The predicted octanol–water partition coefficient (Wildman–Crippen LogP) is 2.37. The number of carboxylic acid groups (broad SMARTS) is 1. The second-order valence-electron chi connectivity index (χ2n) is 4.56. The molecule has 0 aromatic heterocycles. The van der Waals surface area contributed by atoms with E-state index < -0.39 is 11.9 Å². The van der Waals surface area contributed by atoms with Gasteiger partial charge in [-0.05, 0) is 30.5 Å². The fraction of sp³-hybridized carbons (Fsp3) is 0.385. The van der Waals surface area contributed by atoms with E-state index in [-0.39, 0.29) is 11.8 Å². The van der Waals surface area contributed by atoms with Crippen molar-refractivity contribution in [2.75, 3.05) is 6.54 Å². The van der Waals surface area contributed by atoms with Crippen molar-refractivity contribution in [3.63, 3.8) is 0 Å². The first-order valence-corrected chi connectivity index (χ1v) is 6.69. The summed E-state index contributed by atoms with van der Waals surface area (Å²) in [4.78, 5) is 22.3. The molecule has 0 saturated heterocycles. The van der Waals surface area contributed by atoms with Crippen LogP contribution >= 0.6 is 23.2 Å². The maximum absolute atomic E-state index is 11.6. The highest BCUT2D eigenvalue weighted by molar-refractivity contribution is 6.35. The number of carboxylic acids is 1. The summed E-state index contributed by atoms with van der Waals surface area (Å²) >= 11 is 11.8. The highest BCUT2D eigenvalue weighted by atomic mass is 35.5. The molecule has 1 aromatic carbocycles. The summed E-state index contributed by atoms with van der Waals surface area (Å²) < 4.78 is 0. The van der Waals surface area contributed by atoms with Crippen molar-refractivity contribution >= 4 is 35.1 Å². The van der Waals surface area contributed by atoms with E-state index in [4.69, 9.17) is 28.3 Å². The van der Waals surface area contributed by atoms with Crippen LogP contribution in [0.1, 0.15) is 12.0 Å². The lowest BCUT2D eigenvalue weighted by atomic mass is 10.1. The highest BCUT2D eigenvalue weighted by Crippen LogP contribution is 2.38. The van der Waals surface area contributed by atoms with Crippen LogP contribution in [0.25, 0.3) is 0 Å². The minimum Gasteiger partial charge on any atom is -0.481 e. The number of rotatable bonds is 5. The molecular weight excluding hydrogens is 289 g/mol. The van der Waals surface area contributed by atoms with E-state index in [0.717, 1.165) is 5.56 Å². The zero-order chi connectivity index (χ0) is 14.0. The predicted molar refractivity (Wildman–Crippen MR) is 72.4 cm³/mol. The standard InChI is InChI=1S/C13H13Cl2NO3/c14-8-2-1-7(11(15)5-8)3-4-16-12(17)9-6-10(9)13(18)19/h1-2,5,9-10H,3-4,6H2,(H,16,17)(H,18,19). The summed E-state index contributed by atoms with van der Waals surface area (Å²) in [5, 5.41) is 12.6. The number of nitrogens with one attached hydrogen (secondary N) is 1. The van der Waals surface area contributed by atoms with Gasteiger partial charge in [-0.15, -0.1) is 0 Å². The maximum Gasteiger partial charge on any atom is 0.307 e. The van der Waals surface area contributed by atoms with Crippen molar-refractivity contribution in [3.8, 4) is 0 Å². The smallest absolute Gasteiger partial charge is 0.307 e. The van der Waals surface area contributed by atoms with Crippen molar-refractivity contribution in [1.29, 1.82) is 0 Å². The molecule has 4 nitrogen and oxygen atoms in total. The molecule has 1 saturated carbocycles. The molecular formula is C13H13Cl2NO3. The molecule has 1 amide bonds. The van der Waals surface area contributed by atoms with Crippen LogP contribution in [0.2, 0.25) is 10.0 Å². The van der Waals surface area contributed by atoms with Gasteiger partial charge in [0.05, 0.1) is 11.8 Å². The molecule has 19 heavy (non-hydrogen) atoms. The van der Waals surface area contributed by atoms with Crippen LogP contribution in [0.5, 0.6) is 0 Å². The Hall–Kier alpha value is -1.26. The normalized spacial score (nSPS) is 20.9. The Balaban J connectivity index is 1.78. The summed E-state index contributed by atoms with van der Waals surface area (Å²) in [6.45, 7) is 0.434. The van der Waals surface area contributed by atoms with Gasteiger partial charge in [0.1, 0.15) is 0 Å². The number of benzene rings is 1. The summed E-state index contributed by atoms with van der Waals surface area (Å²) in [5.74, 6) is -1.99. The summed E-state index contributed by atoms with van der Waals surface area (Å²) in [6, 6.07) is 5.21. The summed E-state index contributed by atoms with van der Waals surface area (Å²) in [6.07, 6.45) is 1.02. The van der Waals surface area contributed by atoms with E-state index in [1.807, 2.05) is 6.07 Å². The van der Waals surface area contributed by atoms with E-state index in [1.165, 1.54) is 0 Å². The Morgan fingerprint density at radius 2 is 2.05 bits per heavy atom. The van der Waals surface area contributed by atoms with Gasteiger partial charge in [0.15, 0.2) is 0 Å². The van der Waals surface area contributed by atoms with Gasteiger partial charge >= 0.3 is 5.97 Å². The molecule has 102 valence electrons. The number of halogens is 2. The molecule has 1 aliphatic rings. The average molecular weight is 302 g/mol. The van der Waals surface area contributed by atoms with Crippen LogP contribution in [0, 0.1) is 11.8 Å². The van der Waals surface area contributed by atoms with E-state index >= 15 is 0 Å². The molecule has 6 heteroatoms. The number of carbonyl (C=O) groups excluding carboxylic acids is 1. The van der Waals surface area contributed by atoms with Crippen LogP contribution in [-0.2, 0) is 16.0 Å². The average Bonchev–Trinajstić information content (AvgIpc) is 3.12. The van der Waals surface area contributed by atoms with Gasteiger partial charge in [-0.2, -0.15) is 0 Å². The van der Waals surface area contributed by atoms with Crippen molar-refractivity contribution in [3.05, 3.63) is 33.8 Å². The maximum atomic E-state index is 11.6. The van der Waals surface area contributed by atoms with Gasteiger partial charge in [-0.25, -0.2) is 0 Å². The third-order valence-corrected chi connectivity index (χ3v) is 3.74. The molecule has 2 rings (SSSR count). The lowest BCUT2D eigenvalue weighted by Gasteiger charge is -2.06. The second-order valence-corrected chi connectivity index (χ2v) is 5.41. The lowest BCUT2D eigenvalue weighted by molar-refractivity contribution is -0.140. The van der Waals surface area contributed by atoms with Gasteiger partial charge < -0.3 is 10.4 Å².